The number of hydrogen-bond acceptors (Lipinski definition) is 5. The summed E-state index contributed by atoms with van der Waals surface area (Å²) >= 11 is 0. The fourth-order valence-corrected chi connectivity index (χ4v) is 4.66. The molecular weight excluding hydrogens is 478 g/mol. The number of carbonyl (C=O) groups excluding carboxylic acids is 1. The molecule has 1 aromatic heterocycles. The van der Waals surface area contributed by atoms with Crippen molar-refractivity contribution in [3.05, 3.63) is 77.5 Å². The van der Waals surface area contributed by atoms with Crippen molar-refractivity contribution in [1.82, 2.24) is 20.4 Å². The number of rotatable bonds is 8. The van der Waals surface area contributed by atoms with Crippen molar-refractivity contribution in [2.24, 2.45) is 0 Å². The molecule has 1 saturated heterocycles. The van der Waals surface area contributed by atoms with Crippen molar-refractivity contribution in [2.75, 3.05) is 32.1 Å². The van der Waals surface area contributed by atoms with Crippen LogP contribution in [0.5, 0.6) is 0 Å². The molecule has 37 heavy (non-hydrogen) atoms. The molecule has 4 rings (SSSR count). The van der Waals surface area contributed by atoms with Crippen LogP contribution in [0.3, 0.4) is 0 Å². The van der Waals surface area contributed by atoms with Gasteiger partial charge in [-0.05, 0) is 50.1 Å². The molecule has 1 fully saturated rings. The zero-order valence-corrected chi connectivity index (χ0v) is 21.0. The van der Waals surface area contributed by atoms with E-state index in [1.165, 1.54) is 6.07 Å². The molecule has 2 amide bonds. The number of anilines is 1. The average Bonchev–Trinajstić information content (AvgIpc) is 3.50. The second kappa shape index (κ2) is 10.7. The molecule has 3 N–H and O–H groups in total. The number of nitriles is 1. The lowest BCUT2D eigenvalue weighted by Crippen LogP contribution is -2.51. The van der Waals surface area contributed by atoms with Crippen LogP contribution in [0, 0.1) is 23.0 Å². The maximum atomic E-state index is 14.2. The van der Waals surface area contributed by atoms with E-state index in [4.69, 9.17) is 4.74 Å². The van der Waals surface area contributed by atoms with Gasteiger partial charge in [0.25, 0.3) is 0 Å². The van der Waals surface area contributed by atoms with E-state index < -0.39 is 34.5 Å². The van der Waals surface area contributed by atoms with Gasteiger partial charge in [0.15, 0.2) is 11.6 Å². The van der Waals surface area contributed by atoms with Gasteiger partial charge in [-0.2, -0.15) is 10.4 Å². The summed E-state index contributed by atoms with van der Waals surface area (Å²) in [6, 6.07) is 16.1. The third kappa shape index (κ3) is 5.33. The number of benzene rings is 2. The van der Waals surface area contributed by atoms with Gasteiger partial charge in [0, 0.05) is 38.3 Å². The van der Waals surface area contributed by atoms with Crippen molar-refractivity contribution in [2.45, 2.75) is 37.1 Å². The summed E-state index contributed by atoms with van der Waals surface area (Å²) < 4.78 is 34.7. The van der Waals surface area contributed by atoms with Gasteiger partial charge in [-0.25, -0.2) is 18.3 Å². The molecule has 194 valence electrons. The van der Waals surface area contributed by atoms with Crippen molar-refractivity contribution >= 4 is 11.8 Å². The summed E-state index contributed by atoms with van der Waals surface area (Å²) in [5.41, 5.74) is 0.218. The second-order valence-corrected chi connectivity index (χ2v) is 9.71. The van der Waals surface area contributed by atoms with Gasteiger partial charge in [0.05, 0.1) is 28.9 Å². The van der Waals surface area contributed by atoms with Crippen molar-refractivity contribution < 1.29 is 18.3 Å². The van der Waals surface area contributed by atoms with Crippen LogP contribution in [0.1, 0.15) is 31.5 Å². The minimum atomic E-state index is -0.941. The van der Waals surface area contributed by atoms with Crippen LogP contribution < -0.4 is 16.0 Å². The number of nitrogens with zero attached hydrogens (tertiary/aromatic N) is 3. The van der Waals surface area contributed by atoms with Crippen molar-refractivity contribution in [1.29, 1.82) is 5.26 Å². The monoisotopic (exact) mass is 508 g/mol. The molecule has 10 heteroatoms. The van der Waals surface area contributed by atoms with E-state index in [2.05, 4.69) is 27.1 Å². The predicted octanol–water partition coefficient (Wildman–Crippen LogP) is 4.02. The maximum absolute atomic E-state index is 14.2. The van der Waals surface area contributed by atoms with E-state index in [-0.39, 0.29) is 0 Å². The maximum Gasteiger partial charge on any atom is 0.320 e. The van der Waals surface area contributed by atoms with Gasteiger partial charge in [-0.3, -0.25) is 5.32 Å². The lowest BCUT2D eigenvalue weighted by Gasteiger charge is -2.35. The Kier molecular flexibility index (Phi) is 7.57. The molecule has 0 radical (unpaired) electrons. The average molecular weight is 509 g/mol. The first-order valence-corrected chi connectivity index (χ1v) is 12.0. The summed E-state index contributed by atoms with van der Waals surface area (Å²) in [6.07, 6.45) is 0.481. The number of para-hydroxylation sites is 1. The van der Waals surface area contributed by atoms with Crippen molar-refractivity contribution in [3.63, 3.8) is 0 Å². The van der Waals surface area contributed by atoms with Crippen LogP contribution in [-0.2, 0) is 15.6 Å². The summed E-state index contributed by atoms with van der Waals surface area (Å²) in [7, 11) is 1.57. The van der Waals surface area contributed by atoms with Crippen molar-refractivity contribution in [3.8, 4) is 11.8 Å². The van der Waals surface area contributed by atoms with Gasteiger partial charge in [0.2, 0.25) is 0 Å². The Morgan fingerprint density at radius 2 is 2.00 bits per heavy atom. The summed E-state index contributed by atoms with van der Waals surface area (Å²) in [5.74, 6) is -1.48. The van der Waals surface area contributed by atoms with Crippen LogP contribution in [-0.4, -0.2) is 48.7 Å². The van der Waals surface area contributed by atoms with E-state index >= 15 is 0 Å². The molecule has 0 aliphatic carbocycles. The smallest absolute Gasteiger partial charge is 0.320 e. The highest BCUT2D eigenvalue weighted by molar-refractivity contribution is 5.89. The molecule has 8 nitrogen and oxygen atoms in total. The predicted molar refractivity (Wildman–Crippen MR) is 136 cm³/mol. The van der Waals surface area contributed by atoms with Gasteiger partial charge in [0.1, 0.15) is 5.82 Å². The van der Waals surface area contributed by atoms with E-state index in [9.17, 15) is 18.8 Å². The molecule has 0 saturated carbocycles. The first-order valence-electron chi connectivity index (χ1n) is 12.0. The number of hydrogen-bond donors (Lipinski definition) is 3. The minimum Gasteiger partial charge on any atom is -0.385 e. The lowest BCUT2D eigenvalue weighted by atomic mass is 9.73. The molecule has 2 heterocycles. The number of halogens is 2. The molecule has 3 aromatic rings. The SMILES string of the molecule is COCC[C@@]1(c2ccc(F)c(F)c2)CNC[C@H]1NC(=O)Nc1cc(C(C)(C)C#N)nn1-c1ccccc1. The Balaban J connectivity index is 1.63. The minimum absolute atomic E-state index is 0.369. The topological polar surface area (TPSA) is 104 Å². The Morgan fingerprint density at radius 3 is 2.68 bits per heavy atom. The summed E-state index contributed by atoms with van der Waals surface area (Å²) in [4.78, 5) is 13.3. The first-order chi connectivity index (χ1) is 17.7. The van der Waals surface area contributed by atoms with Crippen LogP contribution >= 0.6 is 0 Å². The molecule has 1 aliphatic rings. The summed E-state index contributed by atoms with van der Waals surface area (Å²) in [6.45, 7) is 4.76. The Bertz CT molecular complexity index is 1300. The zero-order chi connectivity index (χ0) is 26.6. The van der Waals surface area contributed by atoms with E-state index in [1.54, 1.807) is 37.8 Å². The molecule has 0 spiro atoms. The molecule has 1 aliphatic heterocycles. The quantitative estimate of drug-likeness (QED) is 0.427. The highest BCUT2D eigenvalue weighted by atomic mass is 19.2. The molecule has 0 bridgehead atoms. The number of methoxy groups -OCH3 is 1. The van der Waals surface area contributed by atoms with Gasteiger partial charge in [-0.1, -0.05) is 24.3 Å². The Morgan fingerprint density at radius 1 is 1.24 bits per heavy atom. The van der Waals surface area contributed by atoms with Crippen LogP contribution in [0.2, 0.25) is 0 Å². The number of amides is 2. The van der Waals surface area contributed by atoms with Crippen LogP contribution in [0.4, 0.5) is 19.4 Å². The number of urea groups is 1. The van der Waals surface area contributed by atoms with Gasteiger partial charge >= 0.3 is 6.03 Å². The Hall–Kier alpha value is -3.81. The highest BCUT2D eigenvalue weighted by Crippen LogP contribution is 2.36. The fraction of sp³-hybridized carbons (Fsp3) is 0.370. The highest BCUT2D eigenvalue weighted by Gasteiger charge is 2.45. The molecule has 2 atom stereocenters. The second-order valence-electron chi connectivity index (χ2n) is 9.71. The molecule has 0 unspecified atom stereocenters. The fourth-order valence-electron chi connectivity index (χ4n) is 4.66. The van der Waals surface area contributed by atoms with Gasteiger partial charge < -0.3 is 15.4 Å². The largest absolute Gasteiger partial charge is 0.385 e. The molecular formula is C27H30F2N6O2. The Labute approximate surface area is 214 Å². The number of carbonyl (C=O) groups is 1. The normalized spacial score (nSPS) is 19.4. The van der Waals surface area contributed by atoms with E-state index in [0.29, 0.717) is 43.2 Å². The van der Waals surface area contributed by atoms with E-state index in [0.717, 1.165) is 11.8 Å². The first kappa shape index (κ1) is 26.3. The number of ether oxygens (including phenoxy) is 1. The standard InChI is InChI=1S/C27H30F2N6O2/c1-26(2,16-30)22-14-24(35(34-22)19-7-5-4-6-8-19)33-25(36)32-23-15-31-17-27(23,11-12-37-3)18-9-10-20(28)21(29)13-18/h4-10,13-14,23,31H,11-12,15,17H2,1-3H3,(H2,32,33,36)/t23-,27+/m1/s1. The van der Waals surface area contributed by atoms with Crippen LogP contribution in [0.25, 0.3) is 5.69 Å². The van der Waals surface area contributed by atoms with Crippen LogP contribution in [0.15, 0.2) is 54.6 Å². The number of aromatic nitrogens is 2. The summed E-state index contributed by atoms with van der Waals surface area (Å²) in [5, 5.41) is 23.3. The third-order valence-electron chi connectivity index (χ3n) is 6.88. The van der Waals surface area contributed by atoms with E-state index in [1.807, 2.05) is 30.3 Å². The van der Waals surface area contributed by atoms with Gasteiger partial charge in [-0.15, -0.1) is 0 Å². The molecule has 2 aromatic carbocycles. The number of nitrogens with one attached hydrogen (secondary N) is 3. The lowest BCUT2D eigenvalue weighted by molar-refractivity contribution is 0.161. The zero-order valence-electron chi connectivity index (χ0n) is 21.0. The third-order valence-corrected chi connectivity index (χ3v) is 6.88.